The molecule has 4 heteroatoms. The van der Waals surface area contributed by atoms with Gasteiger partial charge < -0.3 is 15.2 Å². The van der Waals surface area contributed by atoms with Crippen molar-refractivity contribution in [1.29, 1.82) is 0 Å². The molecule has 0 saturated carbocycles. The maximum absolute atomic E-state index is 10.2. The second kappa shape index (κ2) is 11.2. The van der Waals surface area contributed by atoms with Crippen LogP contribution in [0, 0.1) is 5.92 Å². The number of ether oxygens (including phenoxy) is 2. The molecule has 0 radical (unpaired) electrons. The third-order valence-electron chi connectivity index (χ3n) is 5.58. The van der Waals surface area contributed by atoms with E-state index in [0.717, 1.165) is 31.4 Å². The topological polar surface area (TPSA) is 61.5 Å². The van der Waals surface area contributed by atoms with Crippen LogP contribution in [0.1, 0.15) is 77.8 Å². The highest BCUT2D eigenvalue weighted by Crippen LogP contribution is 2.44. The summed E-state index contributed by atoms with van der Waals surface area (Å²) in [5.41, 5.74) is 9.25. The van der Waals surface area contributed by atoms with Gasteiger partial charge in [-0.15, -0.1) is 0 Å². The minimum atomic E-state index is -0.0591. The average molecular weight is 364 g/mol. The zero-order chi connectivity index (χ0) is 19.6. The van der Waals surface area contributed by atoms with Gasteiger partial charge in [0.25, 0.3) is 6.47 Å². The highest BCUT2D eigenvalue weighted by Gasteiger charge is 2.42. The molecule has 2 rings (SSSR count). The second-order valence-electron chi connectivity index (χ2n) is 7.41. The Kier molecular flexibility index (Phi) is 9.71. The van der Waals surface area contributed by atoms with Crippen molar-refractivity contribution in [2.24, 2.45) is 11.7 Å². The van der Waals surface area contributed by atoms with Crippen LogP contribution in [0.2, 0.25) is 0 Å². The van der Waals surface area contributed by atoms with Crippen LogP contribution in [-0.4, -0.2) is 19.3 Å². The zero-order valence-corrected chi connectivity index (χ0v) is 17.2. The second-order valence-corrected chi connectivity index (χ2v) is 7.41. The number of unbranched alkanes of at least 4 members (excludes halogenated alkanes) is 1. The number of nitrogens with two attached hydrogens (primary N) is 1. The molecule has 1 aliphatic carbocycles. The maximum atomic E-state index is 10.2. The molecule has 26 heavy (non-hydrogen) atoms. The molecule has 4 nitrogen and oxygen atoms in total. The van der Waals surface area contributed by atoms with Gasteiger partial charge in [-0.1, -0.05) is 66.4 Å². The molecule has 0 spiro atoms. The number of hydrogen-bond donors (Lipinski definition) is 1. The fourth-order valence-electron chi connectivity index (χ4n) is 3.81. The molecule has 0 aromatic heterocycles. The van der Waals surface area contributed by atoms with Crippen molar-refractivity contribution in [3.05, 3.63) is 29.3 Å². The normalized spacial score (nSPS) is 24.1. The minimum Gasteiger partial charge on any atom is -0.457 e. The van der Waals surface area contributed by atoms with Crippen molar-refractivity contribution >= 4 is 6.47 Å². The molecule has 1 aromatic carbocycles. The predicted octanol–water partition coefficient (Wildman–Crippen LogP) is 4.97. The number of benzene rings is 1. The molecule has 0 fully saturated rings. The van der Waals surface area contributed by atoms with Crippen LogP contribution in [0.3, 0.4) is 0 Å². The van der Waals surface area contributed by atoms with Crippen molar-refractivity contribution < 1.29 is 14.3 Å². The van der Waals surface area contributed by atoms with E-state index in [1.807, 2.05) is 6.07 Å². The van der Waals surface area contributed by atoms with E-state index in [1.165, 1.54) is 24.0 Å². The molecule has 0 amide bonds. The lowest BCUT2D eigenvalue weighted by Gasteiger charge is -2.46. The van der Waals surface area contributed by atoms with E-state index >= 15 is 0 Å². The molecule has 0 aliphatic heterocycles. The number of hydrogen-bond acceptors (Lipinski definition) is 4. The summed E-state index contributed by atoms with van der Waals surface area (Å²) >= 11 is 0. The van der Waals surface area contributed by atoms with Gasteiger partial charge >= 0.3 is 0 Å². The molecular weight excluding hydrogens is 326 g/mol. The van der Waals surface area contributed by atoms with E-state index in [2.05, 4.69) is 51.5 Å². The van der Waals surface area contributed by atoms with E-state index in [0.29, 0.717) is 12.4 Å². The van der Waals surface area contributed by atoms with Crippen molar-refractivity contribution in [3.63, 3.8) is 0 Å². The van der Waals surface area contributed by atoms with Crippen LogP contribution in [-0.2, 0) is 21.4 Å². The van der Waals surface area contributed by atoms with Crippen molar-refractivity contribution in [3.8, 4) is 5.75 Å². The van der Waals surface area contributed by atoms with E-state index in [-0.39, 0.29) is 18.2 Å². The fraction of sp³-hybridized carbons (Fsp3) is 0.682. The van der Waals surface area contributed by atoms with E-state index < -0.39 is 0 Å². The number of carbonyl (C=O) groups is 1. The summed E-state index contributed by atoms with van der Waals surface area (Å²) in [6, 6.07) is 6.31. The smallest absolute Gasteiger partial charge is 0.295 e. The Labute approximate surface area is 159 Å². The Morgan fingerprint density at radius 1 is 1.19 bits per heavy atom. The van der Waals surface area contributed by atoms with Crippen LogP contribution in [0.25, 0.3) is 0 Å². The monoisotopic (exact) mass is 363 g/mol. The Morgan fingerprint density at radius 3 is 2.42 bits per heavy atom. The van der Waals surface area contributed by atoms with E-state index in [4.69, 9.17) is 10.5 Å². The highest BCUT2D eigenvalue weighted by molar-refractivity contribution is 5.44. The minimum absolute atomic E-state index is 0.0338. The first-order chi connectivity index (χ1) is 12.5. The van der Waals surface area contributed by atoms with Crippen LogP contribution < -0.4 is 10.5 Å². The Morgan fingerprint density at radius 2 is 1.88 bits per heavy atom. The SMILES string of the molecule is CCCC.CCC[C@]1(C)c2cc(OCOC=O)ccc2C[C@H](CC)[C@@H]1N. The van der Waals surface area contributed by atoms with Crippen LogP contribution in [0.5, 0.6) is 5.75 Å². The van der Waals surface area contributed by atoms with Crippen LogP contribution in [0.15, 0.2) is 18.2 Å². The first kappa shape index (κ1) is 22.5. The highest BCUT2D eigenvalue weighted by atomic mass is 16.7. The summed E-state index contributed by atoms with van der Waals surface area (Å²) in [5.74, 6) is 1.25. The van der Waals surface area contributed by atoms with Crippen molar-refractivity contribution in [2.45, 2.75) is 84.6 Å². The Bertz CT molecular complexity index is 544. The number of carbonyl (C=O) groups excluding carboxylic acids is 1. The summed E-state index contributed by atoms with van der Waals surface area (Å²) in [5, 5.41) is 0. The summed E-state index contributed by atoms with van der Waals surface area (Å²) in [6.45, 7) is 11.4. The standard InChI is InChI=1S/C18H27NO3.C4H10/c1-4-8-18(3)16-10-15(22-12-21-11-20)7-6-14(16)9-13(5-2)17(18)19;1-3-4-2/h6-7,10-11,13,17H,4-5,8-9,12,19H2,1-3H3;3-4H2,1-2H3/t13-,17-,18+;/m0./s1. The first-order valence-corrected chi connectivity index (χ1v) is 10.0. The summed E-state index contributed by atoms with van der Waals surface area (Å²) in [7, 11) is 0. The Hall–Kier alpha value is -1.55. The molecule has 1 aliphatic rings. The lowest BCUT2D eigenvalue weighted by Crippen LogP contribution is -2.52. The van der Waals surface area contributed by atoms with Gasteiger partial charge in [0, 0.05) is 11.5 Å². The summed E-state index contributed by atoms with van der Waals surface area (Å²) < 4.78 is 10.1. The van der Waals surface area contributed by atoms with Gasteiger partial charge in [-0.2, -0.15) is 0 Å². The van der Waals surface area contributed by atoms with Crippen LogP contribution in [0.4, 0.5) is 0 Å². The van der Waals surface area contributed by atoms with Gasteiger partial charge in [0.1, 0.15) is 5.75 Å². The van der Waals surface area contributed by atoms with E-state index in [1.54, 1.807) is 0 Å². The molecule has 0 bridgehead atoms. The molecule has 0 unspecified atom stereocenters. The summed E-state index contributed by atoms with van der Waals surface area (Å²) in [4.78, 5) is 10.2. The molecule has 148 valence electrons. The fourth-order valence-corrected chi connectivity index (χ4v) is 3.81. The molecule has 0 heterocycles. The maximum Gasteiger partial charge on any atom is 0.295 e. The largest absolute Gasteiger partial charge is 0.457 e. The molecule has 3 atom stereocenters. The van der Waals surface area contributed by atoms with Gasteiger partial charge in [-0.05, 0) is 42.0 Å². The lowest BCUT2D eigenvalue weighted by atomic mass is 9.61. The lowest BCUT2D eigenvalue weighted by molar-refractivity contribution is -0.134. The van der Waals surface area contributed by atoms with Gasteiger partial charge in [0.15, 0.2) is 0 Å². The first-order valence-electron chi connectivity index (χ1n) is 10.0. The number of fused-ring (bicyclic) bond motifs is 1. The van der Waals surface area contributed by atoms with E-state index in [9.17, 15) is 4.79 Å². The summed E-state index contributed by atoms with van der Waals surface area (Å²) in [6.07, 6.45) is 6.92. The molecule has 1 aromatic rings. The van der Waals surface area contributed by atoms with Gasteiger partial charge in [-0.25, -0.2) is 0 Å². The van der Waals surface area contributed by atoms with Crippen LogP contribution >= 0.6 is 0 Å². The predicted molar refractivity (Wildman–Crippen MR) is 107 cm³/mol. The molecular formula is C22H37NO3. The van der Waals surface area contributed by atoms with Crippen molar-refractivity contribution in [1.82, 2.24) is 0 Å². The number of rotatable bonds is 8. The third-order valence-corrected chi connectivity index (χ3v) is 5.58. The van der Waals surface area contributed by atoms with Crippen molar-refractivity contribution in [2.75, 3.05) is 6.79 Å². The van der Waals surface area contributed by atoms with Gasteiger partial charge in [0.2, 0.25) is 6.79 Å². The quantitative estimate of drug-likeness (QED) is 0.402. The molecule has 2 N–H and O–H groups in total. The van der Waals surface area contributed by atoms with Gasteiger partial charge in [-0.3, -0.25) is 4.79 Å². The average Bonchev–Trinajstić information content (AvgIpc) is 2.66. The Balaban J connectivity index is 0.000000765. The third kappa shape index (κ3) is 5.47. The zero-order valence-electron chi connectivity index (χ0n) is 17.2. The molecule has 0 saturated heterocycles. The van der Waals surface area contributed by atoms with Gasteiger partial charge in [0.05, 0.1) is 0 Å².